The lowest BCUT2D eigenvalue weighted by Gasteiger charge is -2.11. The highest BCUT2D eigenvalue weighted by molar-refractivity contribution is 5.45. The van der Waals surface area contributed by atoms with E-state index in [9.17, 15) is 0 Å². The molecule has 15 heavy (non-hydrogen) atoms. The molecule has 0 aliphatic heterocycles. The van der Waals surface area contributed by atoms with Gasteiger partial charge in [0, 0.05) is 5.69 Å². The summed E-state index contributed by atoms with van der Waals surface area (Å²) in [6.45, 7) is 8.97. The van der Waals surface area contributed by atoms with Crippen LogP contribution in [0.2, 0.25) is 0 Å². The van der Waals surface area contributed by atoms with Crippen molar-refractivity contribution in [2.45, 2.75) is 40.5 Å². The van der Waals surface area contributed by atoms with Gasteiger partial charge in [0.1, 0.15) is 0 Å². The van der Waals surface area contributed by atoms with Gasteiger partial charge in [-0.1, -0.05) is 33.8 Å². The first-order valence-electron chi connectivity index (χ1n) is 5.85. The zero-order valence-electron chi connectivity index (χ0n) is 10.4. The van der Waals surface area contributed by atoms with Gasteiger partial charge in [0.25, 0.3) is 0 Å². The van der Waals surface area contributed by atoms with Crippen molar-refractivity contribution in [2.75, 3.05) is 5.73 Å². The van der Waals surface area contributed by atoms with Crippen LogP contribution in [0.1, 0.15) is 38.8 Å². The largest absolute Gasteiger partial charge is 0.399 e. The van der Waals surface area contributed by atoms with Crippen LogP contribution in [0, 0.1) is 11.8 Å². The molecule has 1 nitrogen and oxygen atoms in total. The molecular formula is C14H23N. The molecule has 0 aliphatic rings. The zero-order valence-corrected chi connectivity index (χ0v) is 10.4. The summed E-state index contributed by atoms with van der Waals surface area (Å²) in [7, 11) is 0. The Kier molecular flexibility index (Phi) is 4.19. The topological polar surface area (TPSA) is 26.0 Å². The molecule has 0 amide bonds. The molecule has 0 bridgehead atoms. The molecule has 1 aromatic rings. The van der Waals surface area contributed by atoms with Crippen molar-refractivity contribution in [2.24, 2.45) is 11.8 Å². The van der Waals surface area contributed by atoms with Crippen LogP contribution in [0.25, 0.3) is 0 Å². The molecule has 0 aliphatic carbocycles. The predicted octanol–water partition coefficient (Wildman–Crippen LogP) is 3.67. The van der Waals surface area contributed by atoms with E-state index in [0.717, 1.165) is 18.5 Å². The van der Waals surface area contributed by atoms with E-state index in [2.05, 4.69) is 45.9 Å². The molecule has 0 heterocycles. The summed E-state index contributed by atoms with van der Waals surface area (Å²) in [4.78, 5) is 0. The Morgan fingerprint density at radius 3 is 1.60 bits per heavy atom. The Balaban J connectivity index is 2.84. The number of nitrogens with two attached hydrogens (primary N) is 1. The molecule has 0 saturated heterocycles. The van der Waals surface area contributed by atoms with Gasteiger partial charge in [0.15, 0.2) is 0 Å². The van der Waals surface area contributed by atoms with Crippen LogP contribution in [0.4, 0.5) is 5.69 Å². The quantitative estimate of drug-likeness (QED) is 0.746. The molecule has 0 atom stereocenters. The lowest BCUT2D eigenvalue weighted by Crippen LogP contribution is -2.00. The van der Waals surface area contributed by atoms with E-state index in [1.807, 2.05) is 0 Å². The Hall–Kier alpha value is -0.980. The number of rotatable bonds is 4. The number of nitrogen functional groups attached to an aromatic ring is 1. The van der Waals surface area contributed by atoms with Gasteiger partial charge in [0.2, 0.25) is 0 Å². The summed E-state index contributed by atoms with van der Waals surface area (Å²) in [5, 5.41) is 0. The van der Waals surface area contributed by atoms with E-state index >= 15 is 0 Å². The van der Waals surface area contributed by atoms with Crippen LogP contribution in [0.15, 0.2) is 18.2 Å². The monoisotopic (exact) mass is 205 g/mol. The Morgan fingerprint density at radius 1 is 0.867 bits per heavy atom. The molecular weight excluding hydrogens is 182 g/mol. The molecule has 1 heteroatoms. The third-order valence-electron chi connectivity index (χ3n) is 2.36. The van der Waals surface area contributed by atoms with Gasteiger partial charge in [-0.3, -0.25) is 0 Å². The van der Waals surface area contributed by atoms with Crippen molar-refractivity contribution in [1.82, 2.24) is 0 Å². The van der Waals surface area contributed by atoms with Crippen LogP contribution in [0.5, 0.6) is 0 Å². The maximum atomic E-state index is 5.91. The van der Waals surface area contributed by atoms with Crippen LogP contribution in [-0.2, 0) is 12.8 Å². The van der Waals surface area contributed by atoms with Gasteiger partial charge < -0.3 is 5.73 Å². The molecule has 0 aromatic heterocycles. The standard InChI is InChI=1S/C14H23N/c1-10(2)5-12-7-13(6-11(3)4)9-14(15)8-12/h7-11H,5-6,15H2,1-4H3. The van der Waals surface area contributed by atoms with Crippen molar-refractivity contribution in [3.8, 4) is 0 Å². The predicted molar refractivity (Wildman–Crippen MR) is 67.9 cm³/mol. The molecule has 0 saturated carbocycles. The summed E-state index contributed by atoms with van der Waals surface area (Å²) in [6.07, 6.45) is 2.24. The first-order valence-corrected chi connectivity index (χ1v) is 5.85. The minimum atomic E-state index is 0.693. The molecule has 0 unspecified atom stereocenters. The number of hydrogen-bond donors (Lipinski definition) is 1. The smallest absolute Gasteiger partial charge is 0.0319 e. The number of benzene rings is 1. The van der Waals surface area contributed by atoms with Gasteiger partial charge in [-0.15, -0.1) is 0 Å². The summed E-state index contributed by atoms with van der Waals surface area (Å²) < 4.78 is 0. The fourth-order valence-corrected chi connectivity index (χ4v) is 1.97. The van der Waals surface area contributed by atoms with Crippen LogP contribution in [-0.4, -0.2) is 0 Å². The van der Waals surface area contributed by atoms with E-state index in [1.165, 1.54) is 11.1 Å². The van der Waals surface area contributed by atoms with Crippen LogP contribution < -0.4 is 5.73 Å². The SMILES string of the molecule is CC(C)Cc1cc(N)cc(CC(C)C)c1. The van der Waals surface area contributed by atoms with Crippen molar-refractivity contribution in [3.05, 3.63) is 29.3 Å². The molecule has 84 valence electrons. The highest BCUT2D eigenvalue weighted by Crippen LogP contribution is 2.18. The average molecular weight is 205 g/mol. The molecule has 1 aromatic carbocycles. The highest BCUT2D eigenvalue weighted by atomic mass is 14.5. The van der Waals surface area contributed by atoms with Crippen LogP contribution >= 0.6 is 0 Å². The minimum absolute atomic E-state index is 0.693. The van der Waals surface area contributed by atoms with E-state index in [0.29, 0.717) is 11.8 Å². The van der Waals surface area contributed by atoms with Gasteiger partial charge >= 0.3 is 0 Å². The summed E-state index contributed by atoms with van der Waals surface area (Å²) in [5.74, 6) is 1.39. The van der Waals surface area contributed by atoms with Crippen LogP contribution in [0.3, 0.4) is 0 Å². The lowest BCUT2D eigenvalue weighted by atomic mass is 9.96. The minimum Gasteiger partial charge on any atom is -0.399 e. The molecule has 2 N–H and O–H groups in total. The first-order chi connectivity index (χ1) is 6.97. The maximum Gasteiger partial charge on any atom is 0.0319 e. The number of anilines is 1. The third kappa shape index (κ3) is 4.37. The van der Waals surface area contributed by atoms with Crippen molar-refractivity contribution >= 4 is 5.69 Å². The maximum absolute atomic E-state index is 5.91. The lowest BCUT2D eigenvalue weighted by molar-refractivity contribution is 0.636. The van der Waals surface area contributed by atoms with Gasteiger partial charge in [-0.25, -0.2) is 0 Å². The third-order valence-corrected chi connectivity index (χ3v) is 2.36. The average Bonchev–Trinajstić information content (AvgIpc) is 1.98. The number of hydrogen-bond acceptors (Lipinski definition) is 1. The van der Waals surface area contributed by atoms with Gasteiger partial charge in [-0.2, -0.15) is 0 Å². The fraction of sp³-hybridized carbons (Fsp3) is 0.571. The van der Waals surface area contributed by atoms with E-state index in [4.69, 9.17) is 5.73 Å². The molecule has 0 radical (unpaired) electrons. The Labute approximate surface area is 93.7 Å². The summed E-state index contributed by atoms with van der Waals surface area (Å²) >= 11 is 0. The summed E-state index contributed by atoms with van der Waals surface area (Å²) in [6, 6.07) is 6.50. The zero-order chi connectivity index (χ0) is 11.4. The van der Waals surface area contributed by atoms with Crippen molar-refractivity contribution in [3.63, 3.8) is 0 Å². The van der Waals surface area contributed by atoms with Gasteiger partial charge in [-0.05, 0) is 47.9 Å². The second-order valence-electron chi connectivity index (χ2n) is 5.28. The van der Waals surface area contributed by atoms with Crippen molar-refractivity contribution < 1.29 is 0 Å². The van der Waals surface area contributed by atoms with E-state index in [-0.39, 0.29) is 0 Å². The fourth-order valence-electron chi connectivity index (χ4n) is 1.97. The van der Waals surface area contributed by atoms with E-state index < -0.39 is 0 Å². The normalized spacial score (nSPS) is 11.3. The first kappa shape index (κ1) is 12.1. The second-order valence-corrected chi connectivity index (χ2v) is 5.28. The molecule has 1 rings (SSSR count). The Morgan fingerprint density at radius 2 is 1.27 bits per heavy atom. The van der Waals surface area contributed by atoms with Crippen molar-refractivity contribution in [1.29, 1.82) is 0 Å². The Bertz CT molecular complexity index is 285. The molecule has 0 spiro atoms. The summed E-state index contributed by atoms with van der Waals surface area (Å²) in [5.41, 5.74) is 9.57. The molecule has 0 fully saturated rings. The van der Waals surface area contributed by atoms with E-state index in [1.54, 1.807) is 0 Å². The highest BCUT2D eigenvalue weighted by Gasteiger charge is 2.03. The second kappa shape index (κ2) is 5.20. The van der Waals surface area contributed by atoms with Gasteiger partial charge in [0.05, 0.1) is 0 Å².